The van der Waals surface area contributed by atoms with E-state index in [1.54, 1.807) is 6.07 Å². The molecule has 0 aliphatic heterocycles. The number of nitrogens with two attached hydrogens (primary N) is 1. The third kappa shape index (κ3) is 1.08. The standard InChI is InChI=1S/C13H10FN/c14-13-11-4-2-1-3-9(11)10-6-5-8(15)7-12(10)13/h1-7,13H,15H2. The van der Waals surface area contributed by atoms with E-state index >= 15 is 0 Å². The van der Waals surface area contributed by atoms with Crippen molar-refractivity contribution in [2.75, 3.05) is 5.73 Å². The molecule has 0 amide bonds. The first-order chi connectivity index (χ1) is 7.27. The van der Waals surface area contributed by atoms with Gasteiger partial charge >= 0.3 is 0 Å². The molecule has 2 N–H and O–H groups in total. The first-order valence-corrected chi connectivity index (χ1v) is 4.90. The second-order valence-corrected chi connectivity index (χ2v) is 3.80. The summed E-state index contributed by atoms with van der Waals surface area (Å²) in [5, 5.41) is 0. The number of alkyl halides is 1. The smallest absolute Gasteiger partial charge is 0.152 e. The van der Waals surface area contributed by atoms with Crippen LogP contribution in [0.5, 0.6) is 0 Å². The molecule has 0 saturated heterocycles. The topological polar surface area (TPSA) is 26.0 Å². The fraction of sp³-hybridized carbons (Fsp3) is 0.0769. The minimum Gasteiger partial charge on any atom is -0.399 e. The average Bonchev–Trinajstić information content (AvgIpc) is 2.54. The predicted molar refractivity (Wildman–Crippen MR) is 59.2 cm³/mol. The SMILES string of the molecule is Nc1ccc2c(c1)C(F)c1ccccc1-2. The van der Waals surface area contributed by atoms with Crippen molar-refractivity contribution in [2.45, 2.75) is 6.17 Å². The van der Waals surface area contributed by atoms with Gasteiger partial charge in [-0.05, 0) is 28.8 Å². The van der Waals surface area contributed by atoms with E-state index < -0.39 is 6.17 Å². The molecule has 1 nitrogen and oxygen atoms in total. The van der Waals surface area contributed by atoms with Gasteiger partial charge < -0.3 is 5.73 Å². The number of anilines is 1. The Balaban J connectivity index is 2.32. The van der Waals surface area contributed by atoms with Crippen LogP contribution in [0.1, 0.15) is 17.3 Å². The molecule has 0 fully saturated rings. The molecule has 0 heterocycles. The van der Waals surface area contributed by atoms with Crippen molar-refractivity contribution in [3.63, 3.8) is 0 Å². The van der Waals surface area contributed by atoms with Crippen molar-refractivity contribution in [1.29, 1.82) is 0 Å². The van der Waals surface area contributed by atoms with E-state index in [0.29, 0.717) is 11.3 Å². The number of rotatable bonds is 0. The predicted octanol–water partition coefficient (Wildman–Crippen LogP) is 3.31. The second-order valence-electron chi connectivity index (χ2n) is 3.80. The summed E-state index contributed by atoms with van der Waals surface area (Å²) in [4.78, 5) is 0. The molecule has 0 saturated carbocycles. The van der Waals surface area contributed by atoms with E-state index in [-0.39, 0.29) is 0 Å². The van der Waals surface area contributed by atoms with Gasteiger partial charge in [0.05, 0.1) is 0 Å². The minimum absolute atomic E-state index is 0.615. The number of benzene rings is 2. The maximum Gasteiger partial charge on any atom is 0.152 e. The summed E-state index contributed by atoms with van der Waals surface area (Å²) in [6.07, 6.45) is -1.03. The molecular formula is C13H10FN. The van der Waals surface area contributed by atoms with Crippen LogP contribution < -0.4 is 5.73 Å². The van der Waals surface area contributed by atoms with E-state index in [2.05, 4.69) is 0 Å². The summed E-state index contributed by atoms with van der Waals surface area (Å²) >= 11 is 0. The van der Waals surface area contributed by atoms with E-state index in [1.807, 2.05) is 36.4 Å². The molecule has 0 aromatic heterocycles. The zero-order valence-corrected chi connectivity index (χ0v) is 8.07. The van der Waals surface area contributed by atoms with Crippen molar-refractivity contribution in [3.05, 3.63) is 53.6 Å². The third-order valence-electron chi connectivity index (χ3n) is 2.87. The number of hydrogen-bond donors (Lipinski definition) is 1. The average molecular weight is 199 g/mol. The molecular weight excluding hydrogens is 189 g/mol. The minimum atomic E-state index is -1.03. The Morgan fingerprint density at radius 3 is 2.53 bits per heavy atom. The van der Waals surface area contributed by atoms with Gasteiger partial charge in [-0.15, -0.1) is 0 Å². The number of fused-ring (bicyclic) bond motifs is 3. The first kappa shape index (κ1) is 8.48. The van der Waals surface area contributed by atoms with E-state index in [1.165, 1.54) is 0 Å². The Labute approximate surface area is 87.4 Å². The Kier molecular flexibility index (Phi) is 1.60. The molecule has 2 heteroatoms. The van der Waals surface area contributed by atoms with Crippen LogP contribution >= 0.6 is 0 Å². The lowest BCUT2D eigenvalue weighted by Crippen LogP contribution is -1.90. The van der Waals surface area contributed by atoms with Gasteiger partial charge in [-0.3, -0.25) is 0 Å². The van der Waals surface area contributed by atoms with Crippen molar-refractivity contribution >= 4 is 5.69 Å². The van der Waals surface area contributed by atoms with Crippen molar-refractivity contribution < 1.29 is 4.39 Å². The largest absolute Gasteiger partial charge is 0.399 e. The van der Waals surface area contributed by atoms with Gasteiger partial charge in [-0.2, -0.15) is 0 Å². The van der Waals surface area contributed by atoms with E-state index in [4.69, 9.17) is 5.73 Å². The number of nitrogen functional groups attached to an aromatic ring is 1. The molecule has 1 unspecified atom stereocenters. The normalized spacial score (nSPS) is 17.3. The lowest BCUT2D eigenvalue weighted by atomic mass is 10.1. The van der Waals surface area contributed by atoms with Crippen LogP contribution in [0.25, 0.3) is 11.1 Å². The molecule has 2 aromatic rings. The van der Waals surface area contributed by atoms with Crippen LogP contribution in [-0.2, 0) is 0 Å². The molecule has 1 aliphatic carbocycles. The zero-order valence-electron chi connectivity index (χ0n) is 8.07. The monoisotopic (exact) mass is 199 g/mol. The second kappa shape index (κ2) is 2.83. The van der Waals surface area contributed by atoms with Crippen molar-refractivity contribution in [2.24, 2.45) is 0 Å². The van der Waals surface area contributed by atoms with Crippen LogP contribution in [0, 0.1) is 0 Å². The molecule has 0 bridgehead atoms. The summed E-state index contributed by atoms with van der Waals surface area (Å²) in [5.41, 5.74) is 9.67. The maximum atomic E-state index is 14.0. The van der Waals surface area contributed by atoms with Crippen LogP contribution in [0.4, 0.5) is 10.1 Å². The molecule has 3 rings (SSSR count). The van der Waals surface area contributed by atoms with Crippen molar-refractivity contribution in [3.8, 4) is 11.1 Å². The quantitative estimate of drug-likeness (QED) is 0.647. The van der Waals surface area contributed by atoms with E-state index in [9.17, 15) is 4.39 Å². The number of hydrogen-bond acceptors (Lipinski definition) is 1. The van der Waals surface area contributed by atoms with Gasteiger partial charge in [0.15, 0.2) is 6.17 Å². The fourth-order valence-corrected chi connectivity index (χ4v) is 2.17. The fourth-order valence-electron chi connectivity index (χ4n) is 2.17. The summed E-state index contributed by atoms with van der Waals surface area (Å²) in [6, 6.07) is 13.0. The lowest BCUT2D eigenvalue weighted by molar-refractivity contribution is 0.410. The van der Waals surface area contributed by atoms with Crippen LogP contribution in [0.2, 0.25) is 0 Å². The van der Waals surface area contributed by atoms with Gasteiger partial charge in [0.2, 0.25) is 0 Å². The first-order valence-electron chi connectivity index (χ1n) is 4.90. The summed E-state index contributed by atoms with van der Waals surface area (Å²) in [6.45, 7) is 0. The zero-order chi connectivity index (χ0) is 10.4. The molecule has 15 heavy (non-hydrogen) atoms. The van der Waals surface area contributed by atoms with Crippen LogP contribution in [-0.4, -0.2) is 0 Å². The van der Waals surface area contributed by atoms with Gasteiger partial charge in [-0.1, -0.05) is 30.3 Å². The van der Waals surface area contributed by atoms with Crippen molar-refractivity contribution in [1.82, 2.24) is 0 Å². The molecule has 1 atom stereocenters. The lowest BCUT2D eigenvalue weighted by Gasteiger charge is -2.02. The molecule has 0 radical (unpaired) electrons. The highest BCUT2D eigenvalue weighted by Crippen LogP contribution is 2.45. The van der Waals surface area contributed by atoms with Gasteiger partial charge in [0.1, 0.15) is 0 Å². The molecule has 1 aliphatic rings. The highest BCUT2D eigenvalue weighted by Gasteiger charge is 2.27. The Morgan fingerprint density at radius 1 is 0.933 bits per heavy atom. The molecule has 0 spiro atoms. The summed E-state index contributed by atoms with van der Waals surface area (Å²) in [7, 11) is 0. The molecule has 2 aromatic carbocycles. The summed E-state index contributed by atoms with van der Waals surface area (Å²) < 4.78 is 14.0. The van der Waals surface area contributed by atoms with Crippen LogP contribution in [0.3, 0.4) is 0 Å². The van der Waals surface area contributed by atoms with E-state index in [0.717, 1.165) is 16.7 Å². The Morgan fingerprint density at radius 2 is 1.67 bits per heavy atom. The number of halogens is 1. The van der Waals surface area contributed by atoms with Crippen LogP contribution in [0.15, 0.2) is 42.5 Å². The third-order valence-corrected chi connectivity index (χ3v) is 2.87. The highest BCUT2D eigenvalue weighted by molar-refractivity contribution is 5.79. The Hall–Kier alpha value is -1.83. The van der Waals surface area contributed by atoms with Gasteiger partial charge in [0, 0.05) is 11.3 Å². The summed E-state index contributed by atoms with van der Waals surface area (Å²) in [5.74, 6) is 0. The maximum absolute atomic E-state index is 14.0. The molecule has 74 valence electrons. The Bertz CT molecular complexity index is 534. The van der Waals surface area contributed by atoms with Gasteiger partial charge in [-0.25, -0.2) is 4.39 Å². The highest BCUT2D eigenvalue weighted by atomic mass is 19.1. The van der Waals surface area contributed by atoms with Gasteiger partial charge in [0.25, 0.3) is 0 Å².